The van der Waals surface area contributed by atoms with Gasteiger partial charge in [-0.1, -0.05) is 349 Å². The summed E-state index contributed by atoms with van der Waals surface area (Å²) in [5.74, 6) is -1.35. The van der Waals surface area contributed by atoms with Crippen LogP contribution in [0.4, 0.5) is 0 Å². The third kappa shape index (κ3) is 69.0. The summed E-state index contributed by atoms with van der Waals surface area (Å²) in [5, 5.41) is 10.6. The van der Waals surface area contributed by atoms with Gasteiger partial charge in [-0.15, -0.1) is 0 Å². The highest BCUT2D eigenvalue weighted by atomic mass is 31.2. The largest absolute Gasteiger partial charge is 0.472 e. The molecule has 0 aromatic carbocycles. The zero-order chi connectivity index (χ0) is 69.8. The molecule has 0 rings (SSSR count). The molecule has 3 unspecified atom stereocenters. The molecule has 0 saturated heterocycles. The van der Waals surface area contributed by atoms with Gasteiger partial charge in [-0.3, -0.25) is 37.3 Å². The molecule has 0 radical (unpaired) electrons. The molecule has 95 heavy (non-hydrogen) atoms. The maximum absolute atomic E-state index is 13.1. The van der Waals surface area contributed by atoms with Crippen LogP contribution in [0.1, 0.15) is 401 Å². The van der Waals surface area contributed by atoms with Crippen LogP contribution in [0.15, 0.2) is 0 Å². The minimum Gasteiger partial charge on any atom is -0.462 e. The third-order valence-corrected chi connectivity index (χ3v) is 20.0. The quantitative estimate of drug-likeness (QED) is 0.0222. The molecule has 3 N–H and O–H groups in total. The standard InChI is InChI=1S/C76H148O17P2/c1-6-10-13-16-19-22-24-26-28-30-32-34-36-38-40-46-51-56-61-75(80)92-72(66-87-74(79)60-55-50-45-39-37-35-33-31-29-27-25-23-20-17-14-11-7-2)68-91-95(84,85)89-64-70(77)63-88-94(82,83)90-67-71(65-86-73(78)59-54-49-44-21-18-15-12-8-3)93-76(81)62-57-52-47-42-41-43-48-53-58-69(5)9-4/h69-72,77H,6-68H2,1-5H3,(H,82,83)(H,84,85)/t69?,70-,71+,72+/m0/s1. The van der Waals surface area contributed by atoms with E-state index in [1.807, 2.05) is 0 Å². The molecule has 0 fully saturated rings. The summed E-state index contributed by atoms with van der Waals surface area (Å²) in [5.41, 5.74) is 0. The van der Waals surface area contributed by atoms with Crippen molar-refractivity contribution in [3.05, 3.63) is 0 Å². The lowest BCUT2D eigenvalue weighted by Gasteiger charge is -2.21. The van der Waals surface area contributed by atoms with E-state index in [1.54, 1.807) is 0 Å². The highest BCUT2D eigenvalue weighted by Gasteiger charge is 2.30. The summed E-state index contributed by atoms with van der Waals surface area (Å²) in [4.78, 5) is 72.7. The Kier molecular flexibility index (Phi) is 67.7. The molecule has 0 amide bonds. The number of unbranched alkanes of at least 4 members (excludes halogenated alkanes) is 47. The van der Waals surface area contributed by atoms with Crippen LogP contribution >= 0.6 is 15.6 Å². The van der Waals surface area contributed by atoms with Gasteiger partial charge in [0.1, 0.15) is 19.3 Å². The second-order valence-corrected chi connectivity index (χ2v) is 30.5. The number of carbonyl (C=O) groups excluding carboxylic acids is 4. The predicted octanol–water partition coefficient (Wildman–Crippen LogP) is 22.5. The molecule has 17 nitrogen and oxygen atoms in total. The molecular weight excluding hydrogens is 1250 g/mol. The fourth-order valence-corrected chi connectivity index (χ4v) is 13.3. The first-order chi connectivity index (χ1) is 46.1. The minimum atomic E-state index is -4.96. The fraction of sp³-hybridized carbons (Fsp3) is 0.947. The number of carbonyl (C=O) groups is 4. The number of rotatable bonds is 76. The van der Waals surface area contributed by atoms with E-state index in [0.29, 0.717) is 25.7 Å². The second kappa shape index (κ2) is 69.2. The molecule has 6 atom stereocenters. The second-order valence-electron chi connectivity index (χ2n) is 27.6. The molecule has 0 aliphatic carbocycles. The Morgan fingerprint density at radius 1 is 0.295 bits per heavy atom. The van der Waals surface area contributed by atoms with E-state index in [-0.39, 0.29) is 25.7 Å². The Morgan fingerprint density at radius 2 is 0.505 bits per heavy atom. The van der Waals surface area contributed by atoms with Crippen molar-refractivity contribution in [3.63, 3.8) is 0 Å². The van der Waals surface area contributed by atoms with Crippen LogP contribution < -0.4 is 0 Å². The van der Waals surface area contributed by atoms with Gasteiger partial charge < -0.3 is 33.8 Å². The van der Waals surface area contributed by atoms with E-state index in [0.717, 1.165) is 102 Å². The van der Waals surface area contributed by atoms with Gasteiger partial charge in [0.2, 0.25) is 0 Å². The molecule has 0 spiro atoms. The van der Waals surface area contributed by atoms with Gasteiger partial charge in [0.25, 0.3) is 0 Å². The molecule has 0 aliphatic heterocycles. The number of phosphoric acid groups is 2. The molecule has 0 bridgehead atoms. The summed E-state index contributed by atoms with van der Waals surface area (Å²) >= 11 is 0. The highest BCUT2D eigenvalue weighted by Crippen LogP contribution is 2.45. The van der Waals surface area contributed by atoms with E-state index < -0.39 is 97.5 Å². The van der Waals surface area contributed by atoms with Crippen molar-refractivity contribution in [3.8, 4) is 0 Å². The van der Waals surface area contributed by atoms with Crippen molar-refractivity contribution in [1.82, 2.24) is 0 Å². The van der Waals surface area contributed by atoms with E-state index in [4.69, 9.17) is 37.0 Å². The molecule has 19 heteroatoms. The Hall–Kier alpha value is -1.94. The topological polar surface area (TPSA) is 237 Å². The van der Waals surface area contributed by atoms with Crippen LogP contribution in [0.3, 0.4) is 0 Å². The van der Waals surface area contributed by atoms with Crippen LogP contribution in [0.25, 0.3) is 0 Å². The zero-order valence-electron chi connectivity index (χ0n) is 61.8. The number of aliphatic hydroxyl groups excluding tert-OH is 1. The molecule has 0 aromatic rings. The maximum atomic E-state index is 13.1. The van der Waals surface area contributed by atoms with Gasteiger partial charge in [-0.2, -0.15) is 0 Å². The normalized spacial score (nSPS) is 14.2. The summed E-state index contributed by atoms with van der Waals surface area (Å²) in [6, 6.07) is 0. The number of phosphoric ester groups is 2. The van der Waals surface area contributed by atoms with Crippen molar-refractivity contribution in [2.45, 2.75) is 419 Å². The van der Waals surface area contributed by atoms with E-state index in [9.17, 15) is 43.2 Å². The summed E-state index contributed by atoms with van der Waals surface area (Å²) in [6.07, 6.45) is 58.3. The van der Waals surface area contributed by atoms with E-state index in [2.05, 4.69) is 34.6 Å². The number of aliphatic hydroxyl groups is 1. The van der Waals surface area contributed by atoms with Gasteiger partial charge >= 0.3 is 39.5 Å². The van der Waals surface area contributed by atoms with Crippen LogP contribution in [-0.2, 0) is 65.4 Å². The zero-order valence-corrected chi connectivity index (χ0v) is 63.6. The fourth-order valence-electron chi connectivity index (χ4n) is 11.7. The first-order valence-electron chi connectivity index (χ1n) is 39.7. The highest BCUT2D eigenvalue weighted by molar-refractivity contribution is 7.47. The van der Waals surface area contributed by atoms with E-state index >= 15 is 0 Å². The van der Waals surface area contributed by atoms with Crippen molar-refractivity contribution < 1.29 is 80.2 Å². The molecule has 0 heterocycles. The van der Waals surface area contributed by atoms with Gasteiger partial charge in [-0.05, 0) is 31.6 Å². The summed E-state index contributed by atoms with van der Waals surface area (Å²) in [6.45, 7) is 7.26. The Labute approximate surface area is 581 Å². The van der Waals surface area contributed by atoms with Crippen LogP contribution in [-0.4, -0.2) is 96.7 Å². The first-order valence-corrected chi connectivity index (χ1v) is 42.7. The average Bonchev–Trinajstić information content (AvgIpc) is 2.80. The predicted molar refractivity (Wildman–Crippen MR) is 386 cm³/mol. The Balaban J connectivity index is 5.21. The molecular formula is C76H148O17P2. The molecule has 564 valence electrons. The van der Waals surface area contributed by atoms with Crippen molar-refractivity contribution >= 4 is 39.5 Å². The lowest BCUT2D eigenvalue weighted by molar-refractivity contribution is -0.161. The van der Waals surface area contributed by atoms with Crippen molar-refractivity contribution in [2.24, 2.45) is 5.92 Å². The third-order valence-electron chi connectivity index (χ3n) is 18.1. The van der Waals surface area contributed by atoms with Crippen molar-refractivity contribution in [2.75, 3.05) is 39.6 Å². The first kappa shape index (κ1) is 93.1. The van der Waals surface area contributed by atoms with E-state index in [1.165, 1.54) is 218 Å². The molecule has 0 aliphatic rings. The van der Waals surface area contributed by atoms with Crippen LogP contribution in [0, 0.1) is 5.92 Å². The molecule has 0 aromatic heterocycles. The smallest absolute Gasteiger partial charge is 0.462 e. The van der Waals surface area contributed by atoms with Gasteiger partial charge in [0.05, 0.1) is 26.4 Å². The minimum absolute atomic E-state index is 0.105. The number of hydrogen-bond donors (Lipinski definition) is 3. The van der Waals surface area contributed by atoms with Gasteiger partial charge in [0, 0.05) is 25.7 Å². The van der Waals surface area contributed by atoms with Crippen molar-refractivity contribution in [1.29, 1.82) is 0 Å². The number of esters is 4. The average molecular weight is 1400 g/mol. The Morgan fingerprint density at radius 3 is 0.747 bits per heavy atom. The summed E-state index contributed by atoms with van der Waals surface area (Å²) < 4.78 is 68.5. The maximum Gasteiger partial charge on any atom is 0.472 e. The SMILES string of the molecule is CCCCCCCCCCCCCCCCCCCCC(=O)O[C@H](COC(=O)CCCCCCCCCCCCCCCCCCC)COP(=O)(O)OC[C@@H](O)COP(=O)(O)OC[C@@H](COC(=O)CCCCCCCCCC)OC(=O)CCCCCCCCCCC(C)CC. The Bertz CT molecular complexity index is 1820. The lowest BCUT2D eigenvalue weighted by Crippen LogP contribution is -2.30. The number of ether oxygens (including phenoxy) is 4. The van der Waals surface area contributed by atoms with Crippen LogP contribution in [0.5, 0.6) is 0 Å². The summed E-state index contributed by atoms with van der Waals surface area (Å²) in [7, 11) is -9.91. The van der Waals surface area contributed by atoms with Gasteiger partial charge in [0.15, 0.2) is 12.2 Å². The molecule has 0 saturated carbocycles. The lowest BCUT2D eigenvalue weighted by atomic mass is 9.99. The monoisotopic (exact) mass is 1400 g/mol. The number of hydrogen-bond acceptors (Lipinski definition) is 15. The van der Waals surface area contributed by atoms with Crippen LogP contribution in [0.2, 0.25) is 0 Å². The van der Waals surface area contributed by atoms with Gasteiger partial charge in [-0.25, -0.2) is 9.13 Å².